The first kappa shape index (κ1) is 18.9. The van der Waals surface area contributed by atoms with Crippen LogP contribution < -0.4 is 16.0 Å². The second-order valence-electron chi connectivity index (χ2n) is 6.60. The number of carbonyl (C=O) groups excluding carboxylic acids is 1. The molecule has 0 saturated carbocycles. The highest BCUT2D eigenvalue weighted by molar-refractivity contribution is 5.94. The van der Waals surface area contributed by atoms with Crippen LogP contribution in [-0.4, -0.2) is 32.6 Å². The summed E-state index contributed by atoms with van der Waals surface area (Å²) in [7, 11) is 3.44. The molecule has 27 heavy (non-hydrogen) atoms. The lowest BCUT2D eigenvalue weighted by Gasteiger charge is -2.26. The molecule has 6 heteroatoms. The van der Waals surface area contributed by atoms with E-state index in [-0.39, 0.29) is 11.8 Å². The minimum Gasteiger partial charge on any atom is -0.380 e. The van der Waals surface area contributed by atoms with Gasteiger partial charge in [-0.15, -0.1) is 0 Å². The molecule has 3 rings (SSSR count). The predicted octanol–water partition coefficient (Wildman–Crippen LogP) is 2.62. The summed E-state index contributed by atoms with van der Waals surface area (Å²) in [5, 5.41) is 9.60. The van der Waals surface area contributed by atoms with E-state index >= 15 is 0 Å². The van der Waals surface area contributed by atoms with E-state index in [4.69, 9.17) is 4.74 Å². The summed E-state index contributed by atoms with van der Waals surface area (Å²) in [6.07, 6.45) is 0.472. The molecule has 2 aromatic carbocycles. The molecule has 0 fully saturated rings. The molecule has 0 bridgehead atoms. The highest BCUT2D eigenvalue weighted by atomic mass is 16.5. The molecule has 142 valence electrons. The van der Waals surface area contributed by atoms with Crippen LogP contribution in [0.3, 0.4) is 0 Å². The minimum atomic E-state index is 0.0541. The molecular formula is C21H26N4O2. The van der Waals surface area contributed by atoms with E-state index in [0.717, 1.165) is 28.3 Å². The number of methoxy groups -OCH3 is 1. The van der Waals surface area contributed by atoms with Crippen LogP contribution in [-0.2, 0) is 22.7 Å². The predicted molar refractivity (Wildman–Crippen MR) is 108 cm³/mol. The summed E-state index contributed by atoms with van der Waals surface area (Å²) in [4.78, 5) is 16.2. The molecule has 1 unspecified atom stereocenters. The van der Waals surface area contributed by atoms with Crippen molar-refractivity contribution in [2.75, 3.05) is 26.0 Å². The summed E-state index contributed by atoms with van der Waals surface area (Å²) >= 11 is 0. The number of benzene rings is 2. The molecule has 0 aliphatic carbocycles. The standard InChI is InChI=1S/C21H26N4O2/c1-22-21(23-12-15-6-5-7-16(10-15)14-27-2)24-13-17-11-20(26)25-19-9-4-3-8-18(17)19/h3-10,17H,11-14H2,1-2H3,(H,25,26)(H2,22,23,24). The van der Waals surface area contributed by atoms with Gasteiger partial charge in [0.25, 0.3) is 0 Å². The number of para-hydroxylation sites is 1. The SMILES string of the molecule is CN=C(NCc1cccc(COC)c1)NCC1CC(=O)Nc2ccccc21. The fourth-order valence-electron chi connectivity index (χ4n) is 3.31. The van der Waals surface area contributed by atoms with Gasteiger partial charge in [0.2, 0.25) is 5.91 Å². The molecular weight excluding hydrogens is 340 g/mol. The van der Waals surface area contributed by atoms with E-state index in [1.54, 1.807) is 14.2 Å². The quantitative estimate of drug-likeness (QED) is 0.543. The maximum absolute atomic E-state index is 12.0. The number of ether oxygens (including phenoxy) is 1. The van der Waals surface area contributed by atoms with Gasteiger partial charge in [-0.2, -0.15) is 0 Å². The van der Waals surface area contributed by atoms with Crippen LogP contribution in [0.15, 0.2) is 53.5 Å². The number of rotatable bonds is 6. The van der Waals surface area contributed by atoms with E-state index in [0.29, 0.717) is 26.1 Å². The smallest absolute Gasteiger partial charge is 0.225 e. The first-order chi connectivity index (χ1) is 13.2. The maximum atomic E-state index is 12.0. The number of anilines is 1. The summed E-state index contributed by atoms with van der Waals surface area (Å²) in [5.41, 5.74) is 4.37. The number of fused-ring (bicyclic) bond motifs is 1. The van der Waals surface area contributed by atoms with Crippen molar-refractivity contribution in [3.63, 3.8) is 0 Å². The Morgan fingerprint density at radius 3 is 2.81 bits per heavy atom. The highest BCUT2D eigenvalue weighted by Gasteiger charge is 2.24. The topological polar surface area (TPSA) is 74.8 Å². The van der Waals surface area contributed by atoms with Gasteiger partial charge in [0.15, 0.2) is 5.96 Å². The highest BCUT2D eigenvalue weighted by Crippen LogP contribution is 2.31. The Labute approximate surface area is 160 Å². The summed E-state index contributed by atoms with van der Waals surface area (Å²) < 4.78 is 5.18. The van der Waals surface area contributed by atoms with Gasteiger partial charge in [0.05, 0.1) is 6.61 Å². The average Bonchev–Trinajstić information content (AvgIpc) is 2.68. The van der Waals surface area contributed by atoms with E-state index in [2.05, 4.69) is 39.1 Å². The van der Waals surface area contributed by atoms with Gasteiger partial charge in [-0.1, -0.05) is 42.5 Å². The third kappa shape index (κ3) is 5.08. The molecule has 1 amide bonds. The second kappa shape index (κ2) is 9.19. The monoisotopic (exact) mass is 366 g/mol. The van der Waals surface area contributed by atoms with Crippen LogP contribution in [0.2, 0.25) is 0 Å². The third-order valence-corrected chi connectivity index (χ3v) is 4.61. The lowest BCUT2D eigenvalue weighted by atomic mass is 9.90. The summed E-state index contributed by atoms with van der Waals surface area (Å²) in [6.45, 7) is 1.91. The summed E-state index contributed by atoms with van der Waals surface area (Å²) in [5.74, 6) is 0.896. The Bertz CT molecular complexity index is 819. The number of aliphatic imine (C=N–C) groups is 1. The Morgan fingerprint density at radius 1 is 1.19 bits per heavy atom. The Hall–Kier alpha value is -2.86. The van der Waals surface area contributed by atoms with Crippen LogP contribution in [0.25, 0.3) is 0 Å². The van der Waals surface area contributed by atoms with Crippen molar-refractivity contribution in [2.45, 2.75) is 25.5 Å². The van der Waals surface area contributed by atoms with Crippen LogP contribution in [0, 0.1) is 0 Å². The van der Waals surface area contributed by atoms with Crippen molar-refractivity contribution >= 4 is 17.6 Å². The lowest BCUT2D eigenvalue weighted by molar-refractivity contribution is -0.116. The van der Waals surface area contributed by atoms with Crippen molar-refractivity contribution < 1.29 is 9.53 Å². The number of nitrogens with zero attached hydrogens (tertiary/aromatic N) is 1. The lowest BCUT2D eigenvalue weighted by Crippen LogP contribution is -2.40. The molecule has 0 aromatic heterocycles. The number of nitrogens with one attached hydrogen (secondary N) is 3. The van der Waals surface area contributed by atoms with E-state index in [1.807, 2.05) is 30.3 Å². The van der Waals surface area contributed by atoms with Gasteiger partial charge in [0, 0.05) is 45.3 Å². The van der Waals surface area contributed by atoms with Gasteiger partial charge in [-0.05, 0) is 22.8 Å². The first-order valence-electron chi connectivity index (χ1n) is 9.09. The molecule has 1 heterocycles. The molecule has 0 spiro atoms. The van der Waals surface area contributed by atoms with Crippen molar-refractivity contribution in [1.29, 1.82) is 0 Å². The van der Waals surface area contributed by atoms with E-state index < -0.39 is 0 Å². The van der Waals surface area contributed by atoms with Crippen LogP contribution in [0.4, 0.5) is 5.69 Å². The number of hydrogen-bond donors (Lipinski definition) is 3. The van der Waals surface area contributed by atoms with Crippen molar-refractivity contribution in [2.24, 2.45) is 4.99 Å². The second-order valence-corrected chi connectivity index (χ2v) is 6.60. The van der Waals surface area contributed by atoms with Gasteiger partial charge in [0.1, 0.15) is 0 Å². The van der Waals surface area contributed by atoms with E-state index in [1.165, 1.54) is 0 Å². The average molecular weight is 366 g/mol. The fourth-order valence-corrected chi connectivity index (χ4v) is 3.31. The van der Waals surface area contributed by atoms with Crippen molar-refractivity contribution in [1.82, 2.24) is 10.6 Å². The molecule has 1 atom stereocenters. The van der Waals surface area contributed by atoms with Crippen molar-refractivity contribution in [3.8, 4) is 0 Å². The Morgan fingerprint density at radius 2 is 2.00 bits per heavy atom. The van der Waals surface area contributed by atoms with Crippen molar-refractivity contribution in [3.05, 3.63) is 65.2 Å². The molecule has 0 radical (unpaired) electrons. The van der Waals surface area contributed by atoms with Gasteiger partial charge < -0.3 is 20.7 Å². The first-order valence-corrected chi connectivity index (χ1v) is 9.09. The van der Waals surface area contributed by atoms with Crippen LogP contribution >= 0.6 is 0 Å². The molecule has 1 aliphatic rings. The van der Waals surface area contributed by atoms with E-state index in [9.17, 15) is 4.79 Å². The fraction of sp³-hybridized carbons (Fsp3) is 0.333. The van der Waals surface area contributed by atoms with Crippen LogP contribution in [0.1, 0.15) is 29.0 Å². The summed E-state index contributed by atoms with van der Waals surface area (Å²) in [6, 6.07) is 16.2. The zero-order valence-electron chi connectivity index (χ0n) is 15.8. The third-order valence-electron chi connectivity index (χ3n) is 4.61. The number of hydrogen-bond acceptors (Lipinski definition) is 3. The molecule has 0 saturated heterocycles. The van der Waals surface area contributed by atoms with Gasteiger partial charge in [-0.3, -0.25) is 9.79 Å². The Balaban J connectivity index is 1.57. The zero-order valence-corrected chi connectivity index (χ0v) is 15.8. The molecule has 6 nitrogen and oxygen atoms in total. The largest absolute Gasteiger partial charge is 0.380 e. The minimum absolute atomic E-state index is 0.0541. The number of amides is 1. The molecule has 3 N–H and O–H groups in total. The van der Waals surface area contributed by atoms with Gasteiger partial charge in [-0.25, -0.2) is 0 Å². The van der Waals surface area contributed by atoms with Crippen LogP contribution in [0.5, 0.6) is 0 Å². The zero-order chi connectivity index (χ0) is 19.1. The normalized spacial score (nSPS) is 16.4. The molecule has 1 aliphatic heterocycles. The maximum Gasteiger partial charge on any atom is 0.225 e. The van der Waals surface area contributed by atoms with Gasteiger partial charge >= 0.3 is 0 Å². The number of carbonyl (C=O) groups is 1. The molecule has 2 aromatic rings. The number of guanidine groups is 1. The Kier molecular flexibility index (Phi) is 6.44.